The van der Waals surface area contributed by atoms with Gasteiger partial charge in [0.15, 0.2) is 0 Å². The van der Waals surface area contributed by atoms with Crippen LogP contribution in [0.4, 0.5) is 4.79 Å². The molecule has 2 N–H and O–H groups in total. The van der Waals surface area contributed by atoms with Gasteiger partial charge in [0, 0.05) is 0 Å². The van der Waals surface area contributed by atoms with Crippen molar-refractivity contribution in [3.05, 3.63) is 16.1 Å². The van der Waals surface area contributed by atoms with E-state index in [0.29, 0.717) is 4.88 Å². The van der Waals surface area contributed by atoms with Crippen molar-refractivity contribution in [3.8, 4) is 0 Å². The fraction of sp³-hybridized carbons (Fsp3) is 0.375. The van der Waals surface area contributed by atoms with Crippen LogP contribution in [-0.2, 0) is 4.74 Å². The number of thiazole rings is 1. The van der Waals surface area contributed by atoms with E-state index in [4.69, 9.17) is 0 Å². The number of aromatic nitrogens is 1. The minimum atomic E-state index is -0.688. The van der Waals surface area contributed by atoms with Crippen molar-refractivity contribution in [2.45, 2.75) is 13.8 Å². The second kappa shape index (κ2) is 5.30. The Labute approximate surface area is 90.6 Å². The average Bonchev–Trinajstić information content (AvgIpc) is 2.62. The second-order valence-electron chi connectivity index (χ2n) is 2.54. The maximum atomic E-state index is 11.4. The number of amides is 2. The number of aryl methyl sites for hydroxylation is 1. The highest BCUT2D eigenvalue weighted by Gasteiger charge is 2.09. The van der Waals surface area contributed by atoms with Crippen molar-refractivity contribution < 1.29 is 14.3 Å². The van der Waals surface area contributed by atoms with Gasteiger partial charge in [0.1, 0.15) is 4.88 Å². The molecule has 7 heteroatoms. The number of nitrogens with one attached hydrogen (secondary N) is 2. The van der Waals surface area contributed by atoms with Gasteiger partial charge in [0.2, 0.25) is 0 Å². The van der Waals surface area contributed by atoms with Crippen LogP contribution in [0, 0.1) is 6.92 Å². The Morgan fingerprint density at radius 2 is 2.27 bits per heavy atom. The fourth-order valence-electron chi connectivity index (χ4n) is 0.803. The molecule has 0 fully saturated rings. The zero-order valence-electron chi connectivity index (χ0n) is 8.36. The van der Waals surface area contributed by atoms with Crippen molar-refractivity contribution in [1.82, 2.24) is 15.8 Å². The molecule has 0 saturated carbocycles. The van der Waals surface area contributed by atoms with Gasteiger partial charge in [0.25, 0.3) is 5.91 Å². The number of carbonyl (C=O) groups is 2. The number of hydrogen-bond donors (Lipinski definition) is 2. The highest BCUT2D eigenvalue weighted by Crippen LogP contribution is 2.10. The number of carbonyl (C=O) groups excluding carboxylic acids is 2. The lowest BCUT2D eigenvalue weighted by Gasteiger charge is -2.04. The van der Waals surface area contributed by atoms with Gasteiger partial charge < -0.3 is 4.74 Å². The molecule has 0 unspecified atom stereocenters. The third-order valence-electron chi connectivity index (χ3n) is 1.40. The third-order valence-corrected chi connectivity index (χ3v) is 2.31. The van der Waals surface area contributed by atoms with Crippen molar-refractivity contribution in [3.63, 3.8) is 0 Å². The van der Waals surface area contributed by atoms with E-state index in [-0.39, 0.29) is 6.61 Å². The monoisotopic (exact) mass is 229 g/mol. The summed E-state index contributed by atoms with van der Waals surface area (Å²) in [7, 11) is 0. The predicted molar refractivity (Wildman–Crippen MR) is 54.5 cm³/mol. The summed E-state index contributed by atoms with van der Waals surface area (Å²) in [5.74, 6) is -0.409. The van der Waals surface area contributed by atoms with Crippen molar-refractivity contribution >= 4 is 23.3 Å². The summed E-state index contributed by atoms with van der Waals surface area (Å²) in [6, 6.07) is 0. The molecule has 0 atom stereocenters. The van der Waals surface area contributed by atoms with Crippen LogP contribution in [-0.4, -0.2) is 23.6 Å². The van der Waals surface area contributed by atoms with Crippen LogP contribution in [0.5, 0.6) is 0 Å². The molecule has 1 aromatic heterocycles. The lowest BCUT2D eigenvalue weighted by atomic mass is 10.5. The first-order valence-corrected chi connectivity index (χ1v) is 5.10. The largest absolute Gasteiger partial charge is 0.449 e. The van der Waals surface area contributed by atoms with Crippen LogP contribution in [0.2, 0.25) is 0 Å². The Morgan fingerprint density at radius 1 is 1.53 bits per heavy atom. The third kappa shape index (κ3) is 3.55. The maximum Gasteiger partial charge on any atom is 0.426 e. The molecule has 0 spiro atoms. The molecule has 0 aromatic carbocycles. The standard InChI is InChI=1S/C8H11N3O3S/c1-3-14-8(13)11-10-7(12)6-4-9-5(2)15-6/h4H,3H2,1-2H3,(H,10,12)(H,11,13). The van der Waals surface area contributed by atoms with E-state index in [2.05, 4.69) is 20.6 Å². The van der Waals surface area contributed by atoms with Gasteiger partial charge in [-0.1, -0.05) is 0 Å². The first-order chi connectivity index (χ1) is 7.13. The quantitative estimate of drug-likeness (QED) is 0.736. The van der Waals surface area contributed by atoms with E-state index in [0.717, 1.165) is 5.01 Å². The van der Waals surface area contributed by atoms with E-state index in [1.165, 1.54) is 17.5 Å². The van der Waals surface area contributed by atoms with Gasteiger partial charge in [-0.25, -0.2) is 15.2 Å². The van der Waals surface area contributed by atoms with Crippen molar-refractivity contribution in [1.29, 1.82) is 0 Å². The van der Waals surface area contributed by atoms with Gasteiger partial charge in [-0.3, -0.25) is 10.2 Å². The minimum absolute atomic E-state index is 0.251. The van der Waals surface area contributed by atoms with Crippen LogP contribution >= 0.6 is 11.3 Å². The molecule has 6 nitrogen and oxygen atoms in total. The molecule has 0 saturated heterocycles. The van der Waals surface area contributed by atoms with Gasteiger partial charge in [-0.2, -0.15) is 0 Å². The molecule has 1 rings (SSSR count). The molecule has 2 amide bonds. The molecule has 1 heterocycles. The van der Waals surface area contributed by atoms with Gasteiger partial charge >= 0.3 is 6.09 Å². The van der Waals surface area contributed by atoms with Gasteiger partial charge in [0.05, 0.1) is 17.8 Å². The van der Waals surface area contributed by atoms with Crippen LogP contribution in [0.25, 0.3) is 0 Å². The molecule has 0 bridgehead atoms. The summed E-state index contributed by atoms with van der Waals surface area (Å²) >= 11 is 1.25. The molecule has 0 aliphatic heterocycles. The van der Waals surface area contributed by atoms with E-state index in [9.17, 15) is 9.59 Å². The molecule has 0 radical (unpaired) electrons. The molecule has 15 heavy (non-hydrogen) atoms. The fourth-order valence-corrected chi connectivity index (χ4v) is 1.48. The lowest BCUT2D eigenvalue weighted by molar-refractivity contribution is 0.0916. The zero-order valence-corrected chi connectivity index (χ0v) is 9.18. The number of hydrogen-bond acceptors (Lipinski definition) is 5. The summed E-state index contributed by atoms with van der Waals surface area (Å²) in [6.45, 7) is 3.72. The zero-order chi connectivity index (χ0) is 11.3. The second-order valence-corrected chi connectivity index (χ2v) is 3.78. The van der Waals surface area contributed by atoms with Crippen molar-refractivity contribution in [2.75, 3.05) is 6.61 Å². The Kier molecular flexibility index (Phi) is 4.04. The first kappa shape index (κ1) is 11.4. The van der Waals surface area contributed by atoms with Crippen LogP contribution < -0.4 is 10.9 Å². The van der Waals surface area contributed by atoms with E-state index in [1.54, 1.807) is 13.8 Å². The smallest absolute Gasteiger partial charge is 0.426 e. The topological polar surface area (TPSA) is 80.3 Å². The van der Waals surface area contributed by atoms with E-state index in [1.807, 2.05) is 0 Å². The SMILES string of the molecule is CCOC(=O)NNC(=O)c1cnc(C)s1. The summed E-state index contributed by atoms with van der Waals surface area (Å²) in [5, 5.41) is 0.788. The predicted octanol–water partition coefficient (Wildman–Crippen LogP) is 0.842. The normalized spacial score (nSPS) is 9.47. The maximum absolute atomic E-state index is 11.4. The van der Waals surface area contributed by atoms with Gasteiger partial charge in [-0.05, 0) is 13.8 Å². The summed E-state index contributed by atoms with van der Waals surface area (Å²) in [6.07, 6.45) is 0.759. The average molecular weight is 229 g/mol. The highest BCUT2D eigenvalue weighted by molar-refractivity contribution is 7.13. The molecule has 82 valence electrons. The van der Waals surface area contributed by atoms with E-state index < -0.39 is 12.0 Å². The number of nitrogens with zero attached hydrogens (tertiary/aromatic N) is 1. The molecular weight excluding hydrogens is 218 g/mol. The Bertz CT molecular complexity index is 364. The Balaban J connectivity index is 2.40. The molecule has 1 aromatic rings. The summed E-state index contributed by atoms with van der Waals surface area (Å²) in [4.78, 5) is 26.5. The molecule has 0 aliphatic carbocycles. The molecule has 0 aliphatic rings. The van der Waals surface area contributed by atoms with E-state index >= 15 is 0 Å². The van der Waals surface area contributed by atoms with Gasteiger partial charge in [-0.15, -0.1) is 11.3 Å². The van der Waals surface area contributed by atoms with Crippen molar-refractivity contribution in [2.24, 2.45) is 0 Å². The number of rotatable bonds is 2. The number of hydrazine groups is 1. The van der Waals surface area contributed by atoms with Crippen LogP contribution in [0.1, 0.15) is 21.6 Å². The summed E-state index contributed by atoms with van der Waals surface area (Å²) < 4.78 is 4.56. The lowest BCUT2D eigenvalue weighted by Crippen LogP contribution is -2.41. The van der Waals surface area contributed by atoms with Crippen LogP contribution in [0.15, 0.2) is 6.20 Å². The van der Waals surface area contributed by atoms with Crippen LogP contribution in [0.3, 0.4) is 0 Å². The highest BCUT2D eigenvalue weighted by atomic mass is 32.1. The molecular formula is C8H11N3O3S. The Hall–Kier alpha value is -1.63. The first-order valence-electron chi connectivity index (χ1n) is 4.29. The summed E-state index contributed by atoms with van der Waals surface area (Å²) in [5.41, 5.74) is 4.31. The number of ether oxygens (including phenoxy) is 1. The Morgan fingerprint density at radius 3 is 2.80 bits per heavy atom. The minimum Gasteiger partial charge on any atom is -0.449 e.